The molecule has 0 bridgehead atoms. The SMILES string of the molecule is O=C(O)[C@@H]1CC[C@H](NS(=O)(=O)c2ccc(F)cc2F)C1. The summed E-state index contributed by atoms with van der Waals surface area (Å²) >= 11 is 0. The van der Waals surface area contributed by atoms with Crippen LogP contribution >= 0.6 is 0 Å². The first-order valence-electron chi connectivity index (χ1n) is 6.00. The average molecular weight is 305 g/mol. The molecular weight excluding hydrogens is 292 g/mol. The molecule has 1 aromatic rings. The molecule has 2 N–H and O–H groups in total. The number of nitrogens with one attached hydrogen (secondary N) is 1. The summed E-state index contributed by atoms with van der Waals surface area (Å²) in [7, 11) is -4.12. The molecule has 8 heteroatoms. The minimum absolute atomic E-state index is 0.164. The number of aliphatic carboxylic acids is 1. The predicted molar refractivity (Wildman–Crippen MR) is 65.4 cm³/mol. The Morgan fingerprint density at radius 1 is 1.30 bits per heavy atom. The first-order valence-corrected chi connectivity index (χ1v) is 7.48. The molecule has 0 aromatic heterocycles. The Hall–Kier alpha value is -1.54. The molecule has 0 saturated heterocycles. The van der Waals surface area contributed by atoms with Crippen molar-refractivity contribution in [1.82, 2.24) is 4.72 Å². The molecule has 0 amide bonds. The van der Waals surface area contributed by atoms with Crippen LogP contribution in [0.2, 0.25) is 0 Å². The Labute approximate surface area is 114 Å². The molecule has 1 saturated carbocycles. The third-order valence-corrected chi connectivity index (χ3v) is 4.84. The summed E-state index contributed by atoms with van der Waals surface area (Å²) in [4.78, 5) is 10.2. The molecule has 1 fully saturated rings. The summed E-state index contributed by atoms with van der Waals surface area (Å²) in [5.74, 6) is -3.61. The molecule has 0 unspecified atom stereocenters. The average Bonchev–Trinajstić information content (AvgIpc) is 2.76. The van der Waals surface area contributed by atoms with E-state index < -0.39 is 44.5 Å². The minimum Gasteiger partial charge on any atom is -0.481 e. The summed E-state index contributed by atoms with van der Waals surface area (Å²) in [6, 6.07) is 1.64. The maximum absolute atomic E-state index is 13.5. The highest BCUT2D eigenvalue weighted by Gasteiger charge is 2.33. The molecule has 1 aliphatic rings. The van der Waals surface area contributed by atoms with E-state index in [0.717, 1.165) is 12.1 Å². The number of hydrogen-bond acceptors (Lipinski definition) is 3. The molecule has 5 nitrogen and oxygen atoms in total. The Bertz CT molecular complexity index is 632. The van der Waals surface area contributed by atoms with Crippen molar-refractivity contribution in [2.45, 2.75) is 30.2 Å². The lowest BCUT2D eigenvalue weighted by Crippen LogP contribution is -2.33. The second-order valence-electron chi connectivity index (χ2n) is 4.74. The third-order valence-electron chi connectivity index (χ3n) is 3.29. The van der Waals surface area contributed by atoms with Gasteiger partial charge in [0.1, 0.15) is 16.5 Å². The number of carboxylic acids is 1. The number of halogens is 2. The van der Waals surface area contributed by atoms with Gasteiger partial charge >= 0.3 is 5.97 Å². The van der Waals surface area contributed by atoms with Crippen molar-refractivity contribution in [3.63, 3.8) is 0 Å². The van der Waals surface area contributed by atoms with E-state index in [-0.39, 0.29) is 6.42 Å². The highest BCUT2D eigenvalue weighted by molar-refractivity contribution is 7.89. The minimum atomic E-state index is -4.12. The van der Waals surface area contributed by atoms with E-state index in [1.165, 1.54) is 0 Å². The van der Waals surface area contributed by atoms with Crippen molar-refractivity contribution in [1.29, 1.82) is 0 Å². The molecule has 0 radical (unpaired) electrons. The molecule has 0 heterocycles. The van der Waals surface area contributed by atoms with Crippen molar-refractivity contribution < 1.29 is 27.1 Å². The molecule has 110 valence electrons. The van der Waals surface area contributed by atoms with E-state index in [1.807, 2.05) is 0 Å². The van der Waals surface area contributed by atoms with Crippen LogP contribution in [0.3, 0.4) is 0 Å². The maximum atomic E-state index is 13.5. The van der Waals surface area contributed by atoms with Gasteiger partial charge in [0.25, 0.3) is 0 Å². The Balaban J connectivity index is 2.14. The highest BCUT2D eigenvalue weighted by Crippen LogP contribution is 2.27. The van der Waals surface area contributed by atoms with E-state index in [9.17, 15) is 22.0 Å². The Morgan fingerprint density at radius 2 is 2.00 bits per heavy atom. The molecule has 1 aliphatic carbocycles. The van der Waals surface area contributed by atoms with Gasteiger partial charge in [0.2, 0.25) is 10.0 Å². The van der Waals surface area contributed by atoms with Crippen LogP contribution in [0.4, 0.5) is 8.78 Å². The smallest absolute Gasteiger partial charge is 0.306 e. The van der Waals surface area contributed by atoms with E-state index in [1.54, 1.807) is 0 Å². The summed E-state index contributed by atoms with van der Waals surface area (Å²) in [5, 5.41) is 8.84. The zero-order chi connectivity index (χ0) is 14.9. The second kappa shape index (κ2) is 5.45. The van der Waals surface area contributed by atoms with Crippen LogP contribution < -0.4 is 4.72 Å². The molecule has 2 atom stereocenters. The van der Waals surface area contributed by atoms with Gasteiger partial charge in [0.05, 0.1) is 5.92 Å². The van der Waals surface area contributed by atoms with Gasteiger partial charge in [-0.25, -0.2) is 21.9 Å². The highest BCUT2D eigenvalue weighted by atomic mass is 32.2. The summed E-state index contributed by atoms with van der Waals surface area (Å²) in [5.41, 5.74) is 0. The number of hydrogen-bond donors (Lipinski definition) is 2. The van der Waals surface area contributed by atoms with Crippen LogP contribution in [-0.4, -0.2) is 25.5 Å². The molecular formula is C12H13F2NO4S. The zero-order valence-corrected chi connectivity index (χ0v) is 11.2. The fourth-order valence-corrected chi connectivity index (χ4v) is 3.63. The standard InChI is InChI=1S/C12H13F2NO4S/c13-8-2-4-11(10(14)6-8)20(18,19)15-9-3-1-7(5-9)12(16)17/h2,4,6-7,9,15H,1,3,5H2,(H,16,17)/t7-,9+/m1/s1. The van der Waals surface area contributed by atoms with Crippen LogP contribution in [0.5, 0.6) is 0 Å². The molecule has 0 spiro atoms. The predicted octanol–water partition coefficient (Wildman–Crippen LogP) is 1.50. The lowest BCUT2D eigenvalue weighted by molar-refractivity contribution is -0.141. The summed E-state index contributed by atoms with van der Waals surface area (Å²) < 4.78 is 52.4. The van der Waals surface area contributed by atoms with Crippen molar-refractivity contribution in [2.24, 2.45) is 5.92 Å². The fourth-order valence-electron chi connectivity index (χ4n) is 2.29. The quantitative estimate of drug-likeness (QED) is 0.883. The fraction of sp³-hybridized carbons (Fsp3) is 0.417. The van der Waals surface area contributed by atoms with Gasteiger partial charge in [-0.1, -0.05) is 0 Å². The largest absolute Gasteiger partial charge is 0.481 e. The van der Waals surface area contributed by atoms with Crippen molar-refractivity contribution in [3.05, 3.63) is 29.8 Å². The zero-order valence-electron chi connectivity index (χ0n) is 10.3. The monoisotopic (exact) mass is 305 g/mol. The lowest BCUT2D eigenvalue weighted by atomic mass is 10.1. The van der Waals surface area contributed by atoms with E-state index in [4.69, 9.17) is 5.11 Å². The number of rotatable bonds is 4. The maximum Gasteiger partial charge on any atom is 0.306 e. The number of carbonyl (C=O) groups is 1. The van der Waals surface area contributed by atoms with E-state index >= 15 is 0 Å². The van der Waals surface area contributed by atoms with Crippen LogP contribution in [-0.2, 0) is 14.8 Å². The lowest BCUT2D eigenvalue weighted by Gasteiger charge is -2.13. The normalized spacial score (nSPS) is 22.9. The number of benzene rings is 1. The first kappa shape index (κ1) is 14.9. The molecule has 1 aromatic carbocycles. The van der Waals surface area contributed by atoms with Crippen LogP contribution in [0.25, 0.3) is 0 Å². The van der Waals surface area contributed by atoms with Gasteiger partial charge in [-0.3, -0.25) is 4.79 Å². The van der Waals surface area contributed by atoms with Gasteiger partial charge in [-0.05, 0) is 31.4 Å². The van der Waals surface area contributed by atoms with E-state index in [0.29, 0.717) is 18.9 Å². The van der Waals surface area contributed by atoms with Gasteiger partial charge in [0.15, 0.2) is 0 Å². The van der Waals surface area contributed by atoms with Gasteiger partial charge in [0, 0.05) is 12.1 Å². The number of carboxylic acid groups (broad SMARTS) is 1. The Morgan fingerprint density at radius 3 is 2.55 bits per heavy atom. The second-order valence-corrected chi connectivity index (χ2v) is 6.42. The molecule has 2 rings (SSSR count). The molecule has 20 heavy (non-hydrogen) atoms. The van der Waals surface area contributed by atoms with Crippen LogP contribution in [0.15, 0.2) is 23.1 Å². The van der Waals surface area contributed by atoms with E-state index in [2.05, 4.69) is 4.72 Å². The van der Waals surface area contributed by atoms with Crippen LogP contribution in [0.1, 0.15) is 19.3 Å². The van der Waals surface area contributed by atoms with Gasteiger partial charge < -0.3 is 5.11 Å². The van der Waals surface area contributed by atoms with Crippen molar-refractivity contribution in [3.8, 4) is 0 Å². The molecule has 0 aliphatic heterocycles. The van der Waals surface area contributed by atoms with Crippen molar-refractivity contribution in [2.75, 3.05) is 0 Å². The first-order chi connectivity index (χ1) is 9.29. The van der Waals surface area contributed by atoms with Crippen LogP contribution in [0, 0.1) is 17.6 Å². The number of sulfonamides is 1. The topological polar surface area (TPSA) is 83.5 Å². The van der Waals surface area contributed by atoms with Crippen molar-refractivity contribution >= 4 is 16.0 Å². The third kappa shape index (κ3) is 3.13. The van der Waals surface area contributed by atoms with Gasteiger partial charge in [-0.15, -0.1) is 0 Å². The Kier molecular flexibility index (Phi) is 4.05. The van der Waals surface area contributed by atoms with Gasteiger partial charge in [-0.2, -0.15) is 0 Å². The summed E-state index contributed by atoms with van der Waals surface area (Å²) in [6.45, 7) is 0. The summed E-state index contributed by atoms with van der Waals surface area (Å²) in [6.07, 6.45) is 0.908.